The number of ether oxygens (including phenoxy) is 1. The number of nitrogens with zero attached hydrogens (tertiary/aromatic N) is 4. The summed E-state index contributed by atoms with van der Waals surface area (Å²) in [5.74, 6) is -1.70. The molecule has 0 spiro atoms. The Bertz CT molecular complexity index is 1310. The second kappa shape index (κ2) is 10.9. The summed E-state index contributed by atoms with van der Waals surface area (Å²) < 4.78 is 19.4. The van der Waals surface area contributed by atoms with Crippen LogP contribution in [-0.2, 0) is 11.2 Å². The number of rotatable bonds is 9. The second-order valence-corrected chi connectivity index (χ2v) is 7.31. The van der Waals surface area contributed by atoms with Crippen molar-refractivity contribution in [2.75, 3.05) is 18.9 Å². The molecule has 11 nitrogen and oxygen atoms in total. The molecule has 0 aliphatic rings. The predicted octanol–water partition coefficient (Wildman–Crippen LogP) is 2.91. The number of aromatic nitrogens is 2. The molecule has 0 atom stereocenters. The smallest absolute Gasteiger partial charge is 0.338 e. The Hall–Kier alpha value is -4.79. The summed E-state index contributed by atoms with van der Waals surface area (Å²) in [5, 5.41) is 27.6. The van der Waals surface area contributed by atoms with Gasteiger partial charge in [-0.15, -0.1) is 0 Å². The molecule has 0 saturated carbocycles. The lowest BCUT2D eigenvalue weighted by molar-refractivity contribution is -0.384. The lowest BCUT2D eigenvalue weighted by atomic mass is 10.1. The van der Waals surface area contributed by atoms with Crippen LogP contribution in [0.15, 0.2) is 42.5 Å². The molecule has 0 unspecified atom stereocenters. The maximum absolute atomic E-state index is 13.2. The molecular weight excluding hydrogens is 459 g/mol. The van der Waals surface area contributed by atoms with E-state index in [0.717, 1.165) is 12.1 Å². The van der Waals surface area contributed by atoms with Crippen molar-refractivity contribution in [3.8, 4) is 11.8 Å². The van der Waals surface area contributed by atoms with Gasteiger partial charge in [-0.05, 0) is 50.1 Å². The van der Waals surface area contributed by atoms with Crippen molar-refractivity contribution in [1.29, 1.82) is 5.26 Å². The number of nitriles is 1. The molecule has 3 rings (SSSR count). The number of halogens is 1. The third-order valence-electron chi connectivity index (χ3n) is 4.95. The first-order chi connectivity index (χ1) is 16.7. The summed E-state index contributed by atoms with van der Waals surface area (Å²) >= 11 is 0. The Labute approximate surface area is 199 Å². The molecule has 1 aromatic heterocycles. The number of hydrogen-bond acceptors (Lipinski definition) is 8. The maximum Gasteiger partial charge on any atom is 0.338 e. The highest BCUT2D eigenvalue weighted by atomic mass is 19.1. The molecule has 1 amide bonds. The van der Waals surface area contributed by atoms with Gasteiger partial charge in [0.15, 0.2) is 0 Å². The van der Waals surface area contributed by atoms with Gasteiger partial charge in [-0.1, -0.05) is 0 Å². The monoisotopic (exact) mass is 480 g/mol. The van der Waals surface area contributed by atoms with Gasteiger partial charge in [0, 0.05) is 24.2 Å². The summed E-state index contributed by atoms with van der Waals surface area (Å²) in [4.78, 5) is 35.0. The molecule has 0 aliphatic carbocycles. The van der Waals surface area contributed by atoms with Gasteiger partial charge in [-0.3, -0.25) is 14.9 Å². The highest BCUT2D eigenvalue weighted by molar-refractivity contribution is 5.99. The molecule has 0 bridgehead atoms. The van der Waals surface area contributed by atoms with Crippen LogP contribution in [0.4, 0.5) is 15.9 Å². The molecule has 0 radical (unpaired) electrons. The first-order valence-corrected chi connectivity index (χ1v) is 10.5. The van der Waals surface area contributed by atoms with E-state index >= 15 is 0 Å². The number of carbonyl (C=O) groups is 2. The van der Waals surface area contributed by atoms with Crippen LogP contribution < -0.4 is 11.1 Å². The van der Waals surface area contributed by atoms with Crippen LogP contribution in [0.3, 0.4) is 0 Å². The van der Waals surface area contributed by atoms with E-state index in [-0.39, 0.29) is 35.7 Å². The van der Waals surface area contributed by atoms with E-state index in [0.29, 0.717) is 24.2 Å². The quantitative estimate of drug-likeness (QED) is 0.204. The number of aryl methyl sites for hydroxylation is 1. The average molecular weight is 480 g/mol. The zero-order valence-corrected chi connectivity index (χ0v) is 18.7. The van der Waals surface area contributed by atoms with Gasteiger partial charge in [0.2, 0.25) is 0 Å². The van der Waals surface area contributed by atoms with Crippen LogP contribution in [0.1, 0.15) is 45.3 Å². The average Bonchev–Trinajstić information content (AvgIpc) is 3.16. The minimum atomic E-state index is -0.774. The van der Waals surface area contributed by atoms with Crippen LogP contribution in [0.25, 0.3) is 5.69 Å². The number of anilines is 1. The predicted molar refractivity (Wildman–Crippen MR) is 122 cm³/mol. The highest BCUT2D eigenvalue weighted by Crippen LogP contribution is 2.22. The van der Waals surface area contributed by atoms with E-state index in [2.05, 4.69) is 10.4 Å². The molecule has 0 fully saturated rings. The SMILES string of the molecule is CCOC(=O)c1cc(C(=O)NCCCc2nn(-c3ccc(F)cc3)c(N)c2C#N)cc([N+](=O)[O-])c1. The molecular formula is C23H21FN6O5. The molecule has 12 heteroatoms. The number of nitrogens with two attached hydrogens (primary N) is 1. The number of amides is 1. The summed E-state index contributed by atoms with van der Waals surface area (Å²) in [7, 11) is 0. The van der Waals surface area contributed by atoms with E-state index in [1.807, 2.05) is 6.07 Å². The molecule has 0 aliphatic heterocycles. The number of nitro groups is 1. The van der Waals surface area contributed by atoms with Crippen molar-refractivity contribution in [2.45, 2.75) is 19.8 Å². The van der Waals surface area contributed by atoms with E-state index in [9.17, 15) is 29.4 Å². The molecule has 35 heavy (non-hydrogen) atoms. The number of nitrogen functional groups attached to an aromatic ring is 1. The minimum Gasteiger partial charge on any atom is -0.462 e. The first kappa shape index (κ1) is 24.8. The van der Waals surface area contributed by atoms with Crippen LogP contribution >= 0.6 is 0 Å². The van der Waals surface area contributed by atoms with E-state index in [1.165, 1.54) is 35.0 Å². The zero-order valence-electron chi connectivity index (χ0n) is 18.7. The van der Waals surface area contributed by atoms with Crippen molar-refractivity contribution >= 4 is 23.4 Å². The van der Waals surface area contributed by atoms with Gasteiger partial charge in [0.25, 0.3) is 11.6 Å². The number of non-ortho nitro benzene ring substituents is 1. The zero-order chi connectivity index (χ0) is 25.5. The van der Waals surface area contributed by atoms with Crippen molar-refractivity contribution in [2.24, 2.45) is 0 Å². The van der Waals surface area contributed by atoms with E-state index in [4.69, 9.17) is 10.5 Å². The fraction of sp³-hybridized carbons (Fsp3) is 0.217. The van der Waals surface area contributed by atoms with Crippen molar-refractivity contribution in [3.63, 3.8) is 0 Å². The van der Waals surface area contributed by atoms with Crippen LogP contribution in [0, 0.1) is 27.3 Å². The molecule has 180 valence electrons. The number of benzene rings is 2. The summed E-state index contributed by atoms with van der Waals surface area (Å²) in [6.07, 6.45) is 0.671. The Balaban J connectivity index is 1.68. The molecule has 3 aromatic rings. The summed E-state index contributed by atoms with van der Waals surface area (Å²) in [5.41, 5.74) is 6.52. The number of nitro benzene ring substituents is 1. The molecule has 0 saturated heterocycles. The Morgan fingerprint density at radius 1 is 1.26 bits per heavy atom. The fourth-order valence-corrected chi connectivity index (χ4v) is 3.29. The van der Waals surface area contributed by atoms with Crippen molar-refractivity contribution in [3.05, 3.63) is 80.8 Å². The van der Waals surface area contributed by atoms with E-state index in [1.54, 1.807) is 6.92 Å². The Morgan fingerprint density at radius 2 is 1.94 bits per heavy atom. The second-order valence-electron chi connectivity index (χ2n) is 7.31. The van der Waals surface area contributed by atoms with Gasteiger partial charge < -0.3 is 15.8 Å². The number of esters is 1. The van der Waals surface area contributed by atoms with Crippen molar-refractivity contribution < 1.29 is 23.6 Å². The summed E-state index contributed by atoms with van der Waals surface area (Å²) in [6, 6.07) is 10.8. The normalized spacial score (nSPS) is 10.4. The van der Waals surface area contributed by atoms with Gasteiger partial charge >= 0.3 is 5.97 Å². The lowest BCUT2D eigenvalue weighted by Crippen LogP contribution is -2.25. The number of hydrogen-bond donors (Lipinski definition) is 2. The minimum absolute atomic E-state index is 0.0650. The summed E-state index contributed by atoms with van der Waals surface area (Å²) in [6.45, 7) is 1.83. The maximum atomic E-state index is 13.2. The number of nitrogens with one attached hydrogen (secondary N) is 1. The number of carbonyl (C=O) groups excluding carboxylic acids is 2. The van der Waals surface area contributed by atoms with E-state index < -0.39 is 28.3 Å². The Morgan fingerprint density at radius 3 is 2.57 bits per heavy atom. The van der Waals surface area contributed by atoms with Crippen LogP contribution in [-0.4, -0.2) is 39.7 Å². The fourth-order valence-electron chi connectivity index (χ4n) is 3.29. The van der Waals surface area contributed by atoms with Crippen molar-refractivity contribution in [1.82, 2.24) is 15.1 Å². The third-order valence-corrected chi connectivity index (χ3v) is 4.95. The third kappa shape index (κ3) is 5.77. The van der Waals surface area contributed by atoms with Gasteiger partial charge in [0.05, 0.1) is 28.5 Å². The molecule has 1 heterocycles. The molecule has 2 aromatic carbocycles. The standard InChI is InChI=1S/C23H21FN6O5/c1-2-35-23(32)15-10-14(11-18(12-15)30(33)34)22(31)27-9-3-4-20-19(13-25)21(26)29(28-20)17-7-5-16(24)6-8-17/h5-8,10-12H,2-4,9,26H2,1H3,(H,27,31). The van der Waals surface area contributed by atoms with Crippen LogP contribution in [0.2, 0.25) is 0 Å². The van der Waals surface area contributed by atoms with Gasteiger partial charge in [-0.25, -0.2) is 13.9 Å². The lowest BCUT2D eigenvalue weighted by Gasteiger charge is -2.07. The van der Waals surface area contributed by atoms with Crippen LogP contribution in [0.5, 0.6) is 0 Å². The van der Waals surface area contributed by atoms with Gasteiger partial charge in [-0.2, -0.15) is 10.4 Å². The Kier molecular flexibility index (Phi) is 7.73. The first-order valence-electron chi connectivity index (χ1n) is 10.5. The van der Waals surface area contributed by atoms with Gasteiger partial charge in [0.1, 0.15) is 23.3 Å². The highest BCUT2D eigenvalue weighted by Gasteiger charge is 2.19. The topological polar surface area (TPSA) is 166 Å². The largest absolute Gasteiger partial charge is 0.462 e. The molecule has 3 N–H and O–H groups in total.